The van der Waals surface area contributed by atoms with Gasteiger partial charge in [0.1, 0.15) is 18.5 Å². The highest BCUT2D eigenvalue weighted by Gasteiger charge is 2.04. The van der Waals surface area contributed by atoms with Crippen molar-refractivity contribution in [3.63, 3.8) is 0 Å². The second kappa shape index (κ2) is 6.25. The van der Waals surface area contributed by atoms with E-state index >= 15 is 0 Å². The summed E-state index contributed by atoms with van der Waals surface area (Å²) in [5.41, 5.74) is 0.643. The highest BCUT2D eigenvalue weighted by atomic mass is 16.5. The molecule has 0 radical (unpaired) electrons. The third-order valence-corrected chi connectivity index (χ3v) is 2.06. The van der Waals surface area contributed by atoms with Crippen molar-refractivity contribution in [2.24, 2.45) is 0 Å². The van der Waals surface area contributed by atoms with Gasteiger partial charge in [-0.05, 0) is 31.2 Å². The number of Topliss-reactive ketones (excluding diaryl/α,β-unsaturated/α-hetero) is 1. The number of carbonyl (C=O) groups excluding carboxylic acids is 1. The molecule has 0 aliphatic rings. The highest BCUT2D eigenvalue weighted by molar-refractivity contribution is 5.94. The lowest BCUT2D eigenvalue weighted by atomic mass is 10.1. The molecule has 88 valence electrons. The number of benzene rings is 1. The average Bonchev–Trinajstić information content (AvgIpc) is 2.27. The monoisotopic (exact) mass is 224 g/mol. The molecule has 0 heterocycles. The Morgan fingerprint density at radius 2 is 1.94 bits per heavy atom. The Balaban J connectivity index is 2.46. The third kappa shape index (κ3) is 4.00. The summed E-state index contributed by atoms with van der Waals surface area (Å²) in [6, 6.07) is 6.80. The molecule has 0 saturated heterocycles. The molecule has 1 unspecified atom stereocenters. The van der Waals surface area contributed by atoms with Crippen molar-refractivity contribution in [2.75, 3.05) is 20.3 Å². The number of hydrogen-bond donors (Lipinski definition) is 1. The standard InChI is InChI=1S/C12H16O4/c1-9(13)10-3-5-12(6-4-10)16-8-11(14)7-15-2/h3-6,11,14H,7-8H2,1-2H3. The van der Waals surface area contributed by atoms with Gasteiger partial charge in [0.25, 0.3) is 0 Å². The van der Waals surface area contributed by atoms with Gasteiger partial charge in [-0.2, -0.15) is 0 Å². The second-order valence-electron chi connectivity index (χ2n) is 3.50. The van der Waals surface area contributed by atoms with Crippen LogP contribution < -0.4 is 4.74 Å². The zero-order chi connectivity index (χ0) is 12.0. The van der Waals surface area contributed by atoms with Gasteiger partial charge in [-0.3, -0.25) is 4.79 Å². The van der Waals surface area contributed by atoms with Gasteiger partial charge in [0, 0.05) is 12.7 Å². The van der Waals surface area contributed by atoms with Gasteiger partial charge in [0.15, 0.2) is 5.78 Å². The molecule has 4 nitrogen and oxygen atoms in total. The molecule has 0 bridgehead atoms. The van der Waals surface area contributed by atoms with Crippen molar-refractivity contribution >= 4 is 5.78 Å². The first-order valence-corrected chi connectivity index (χ1v) is 5.04. The molecule has 0 aromatic heterocycles. The largest absolute Gasteiger partial charge is 0.491 e. The Hall–Kier alpha value is -1.39. The van der Waals surface area contributed by atoms with Crippen LogP contribution in [0.15, 0.2) is 24.3 Å². The fraction of sp³-hybridized carbons (Fsp3) is 0.417. The normalized spacial score (nSPS) is 12.2. The second-order valence-corrected chi connectivity index (χ2v) is 3.50. The van der Waals surface area contributed by atoms with Crippen LogP contribution in [0, 0.1) is 0 Å². The van der Waals surface area contributed by atoms with Crippen LogP contribution in [-0.4, -0.2) is 37.3 Å². The van der Waals surface area contributed by atoms with Gasteiger partial charge in [-0.15, -0.1) is 0 Å². The first-order valence-electron chi connectivity index (χ1n) is 5.04. The first kappa shape index (κ1) is 12.7. The van der Waals surface area contributed by atoms with E-state index in [-0.39, 0.29) is 19.0 Å². The highest BCUT2D eigenvalue weighted by Crippen LogP contribution is 2.12. The van der Waals surface area contributed by atoms with Crippen molar-refractivity contribution in [1.82, 2.24) is 0 Å². The number of aliphatic hydroxyl groups excluding tert-OH is 1. The molecule has 1 N–H and O–H groups in total. The minimum Gasteiger partial charge on any atom is -0.491 e. The molecular formula is C12H16O4. The van der Waals surface area contributed by atoms with Crippen molar-refractivity contribution < 1.29 is 19.4 Å². The SMILES string of the molecule is COCC(O)COc1ccc(C(C)=O)cc1. The van der Waals surface area contributed by atoms with Gasteiger partial charge in [0.2, 0.25) is 0 Å². The maximum atomic E-state index is 11.0. The smallest absolute Gasteiger partial charge is 0.159 e. The molecule has 1 aromatic carbocycles. The van der Waals surface area contributed by atoms with Crippen LogP contribution in [-0.2, 0) is 4.74 Å². The number of hydrogen-bond acceptors (Lipinski definition) is 4. The maximum Gasteiger partial charge on any atom is 0.159 e. The van der Waals surface area contributed by atoms with Crippen LogP contribution in [0.25, 0.3) is 0 Å². The molecule has 1 aromatic rings. The van der Waals surface area contributed by atoms with E-state index < -0.39 is 6.10 Å². The van der Waals surface area contributed by atoms with Crippen molar-refractivity contribution in [3.05, 3.63) is 29.8 Å². The Labute approximate surface area is 94.8 Å². The fourth-order valence-electron chi connectivity index (χ4n) is 1.22. The Bertz CT molecular complexity index is 331. The van der Waals surface area contributed by atoms with Crippen LogP contribution in [0.2, 0.25) is 0 Å². The quantitative estimate of drug-likeness (QED) is 0.739. The van der Waals surface area contributed by atoms with Gasteiger partial charge < -0.3 is 14.6 Å². The van der Waals surface area contributed by atoms with E-state index in [9.17, 15) is 9.90 Å². The number of ketones is 1. The van der Waals surface area contributed by atoms with Crippen molar-refractivity contribution in [3.8, 4) is 5.75 Å². The Kier molecular flexibility index (Phi) is 4.95. The van der Waals surface area contributed by atoms with Crippen molar-refractivity contribution in [1.29, 1.82) is 0 Å². The minimum atomic E-state index is -0.641. The van der Waals surface area contributed by atoms with Crippen LogP contribution in [0.4, 0.5) is 0 Å². The predicted octanol–water partition coefficient (Wildman–Crippen LogP) is 1.28. The molecule has 0 saturated carbocycles. The summed E-state index contributed by atoms with van der Waals surface area (Å²) < 4.78 is 10.1. The third-order valence-electron chi connectivity index (χ3n) is 2.06. The number of methoxy groups -OCH3 is 1. The molecule has 0 fully saturated rings. The van der Waals surface area contributed by atoms with E-state index in [0.29, 0.717) is 11.3 Å². The fourth-order valence-corrected chi connectivity index (χ4v) is 1.22. The van der Waals surface area contributed by atoms with E-state index in [1.165, 1.54) is 14.0 Å². The molecule has 1 atom stereocenters. The molecule has 16 heavy (non-hydrogen) atoms. The van der Waals surface area contributed by atoms with E-state index in [0.717, 1.165) is 0 Å². The van der Waals surface area contributed by atoms with Crippen LogP contribution >= 0.6 is 0 Å². The minimum absolute atomic E-state index is 0.0194. The molecule has 0 aliphatic carbocycles. The molecule has 4 heteroatoms. The summed E-state index contributed by atoms with van der Waals surface area (Å²) in [6.45, 7) is 1.93. The summed E-state index contributed by atoms with van der Waals surface area (Å²) >= 11 is 0. The molecule has 0 aliphatic heterocycles. The average molecular weight is 224 g/mol. The zero-order valence-corrected chi connectivity index (χ0v) is 9.47. The lowest BCUT2D eigenvalue weighted by Gasteiger charge is -2.11. The molecule has 1 rings (SSSR count). The Morgan fingerprint density at radius 3 is 2.44 bits per heavy atom. The van der Waals surface area contributed by atoms with E-state index in [2.05, 4.69) is 0 Å². The zero-order valence-electron chi connectivity index (χ0n) is 9.47. The van der Waals surface area contributed by atoms with Gasteiger partial charge in [-0.1, -0.05) is 0 Å². The molecular weight excluding hydrogens is 208 g/mol. The van der Waals surface area contributed by atoms with Crippen LogP contribution in [0.3, 0.4) is 0 Å². The number of ether oxygens (including phenoxy) is 2. The lowest BCUT2D eigenvalue weighted by molar-refractivity contribution is 0.0325. The van der Waals surface area contributed by atoms with Crippen molar-refractivity contribution in [2.45, 2.75) is 13.0 Å². The van der Waals surface area contributed by atoms with Gasteiger partial charge in [-0.25, -0.2) is 0 Å². The van der Waals surface area contributed by atoms with E-state index in [1.807, 2.05) is 0 Å². The topological polar surface area (TPSA) is 55.8 Å². The summed E-state index contributed by atoms with van der Waals surface area (Å²) in [5.74, 6) is 0.645. The predicted molar refractivity (Wildman–Crippen MR) is 59.8 cm³/mol. The van der Waals surface area contributed by atoms with Gasteiger partial charge >= 0.3 is 0 Å². The lowest BCUT2D eigenvalue weighted by Crippen LogP contribution is -2.22. The summed E-state index contributed by atoms with van der Waals surface area (Å²) in [5, 5.41) is 9.35. The number of rotatable bonds is 6. The molecule has 0 amide bonds. The Morgan fingerprint density at radius 1 is 1.31 bits per heavy atom. The van der Waals surface area contributed by atoms with E-state index in [1.54, 1.807) is 24.3 Å². The summed E-state index contributed by atoms with van der Waals surface area (Å²) in [7, 11) is 1.52. The summed E-state index contributed by atoms with van der Waals surface area (Å²) in [4.78, 5) is 11.0. The molecule has 0 spiro atoms. The number of carbonyl (C=O) groups is 1. The summed E-state index contributed by atoms with van der Waals surface area (Å²) in [6.07, 6.45) is -0.641. The van der Waals surface area contributed by atoms with Crippen LogP contribution in [0.5, 0.6) is 5.75 Å². The number of aliphatic hydroxyl groups is 1. The van der Waals surface area contributed by atoms with E-state index in [4.69, 9.17) is 9.47 Å². The first-order chi connectivity index (χ1) is 7.63. The maximum absolute atomic E-state index is 11.0. The van der Waals surface area contributed by atoms with Gasteiger partial charge in [0.05, 0.1) is 6.61 Å². The van der Waals surface area contributed by atoms with Crippen LogP contribution in [0.1, 0.15) is 17.3 Å².